The number of hydrogen-bond donors (Lipinski definition) is 2. The molecule has 0 bridgehead atoms. The molecule has 0 amide bonds. The van der Waals surface area contributed by atoms with Crippen LogP contribution in [-0.2, 0) is 10.5 Å². The minimum atomic E-state index is -0.789. The lowest BCUT2D eigenvalue weighted by atomic mass is 10.2. The van der Waals surface area contributed by atoms with E-state index in [1.54, 1.807) is 13.8 Å². The van der Waals surface area contributed by atoms with Crippen molar-refractivity contribution in [3.63, 3.8) is 0 Å². The van der Waals surface area contributed by atoms with Gasteiger partial charge in [-0.15, -0.1) is 11.8 Å². The highest BCUT2D eigenvalue weighted by molar-refractivity contribution is 8.00. The maximum atomic E-state index is 10.9. The van der Waals surface area contributed by atoms with Gasteiger partial charge >= 0.3 is 5.97 Å². The smallest absolute Gasteiger partial charge is 0.319 e. The summed E-state index contributed by atoms with van der Waals surface area (Å²) < 4.78 is -0.749. The first-order valence-electron chi connectivity index (χ1n) is 4.63. The molecule has 15 heavy (non-hydrogen) atoms. The van der Waals surface area contributed by atoms with Gasteiger partial charge in [-0.25, -0.2) is 0 Å². The van der Waals surface area contributed by atoms with Crippen molar-refractivity contribution in [2.24, 2.45) is 0 Å². The minimum absolute atomic E-state index is 0.680. The first-order chi connectivity index (χ1) is 6.92. The third-order valence-electron chi connectivity index (χ3n) is 2.09. The average molecular weight is 225 g/mol. The van der Waals surface area contributed by atoms with Crippen molar-refractivity contribution in [3.05, 3.63) is 29.8 Å². The van der Waals surface area contributed by atoms with Gasteiger partial charge in [0.05, 0.1) is 0 Å². The number of thioether (sulfide) groups is 1. The highest BCUT2D eigenvalue weighted by Gasteiger charge is 2.27. The van der Waals surface area contributed by atoms with Crippen molar-refractivity contribution < 1.29 is 9.90 Å². The summed E-state index contributed by atoms with van der Waals surface area (Å²) in [5.41, 5.74) is 7.37. The molecule has 1 aromatic rings. The Hall–Kier alpha value is -1.16. The lowest BCUT2D eigenvalue weighted by Gasteiger charge is -2.18. The van der Waals surface area contributed by atoms with Gasteiger partial charge in [0.15, 0.2) is 0 Å². The number of aliphatic carboxylic acids is 1. The molecule has 0 saturated heterocycles. The zero-order valence-corrected chi connectivity index (χ0v) is 9.67. The third-order valence-corrected chi connectivity index (χ3v) is 3.47. The van der Waals surface area contributed by atoms with E-state index in [4.69, 9.17) is 10.8 Å². The third kappa shape index (κ3) is 3.47. The summed E-state index contributed by atoms with van der Waals surface area (Å²) in [6.45, 7) is 3.41. The largest absolute Gasteiger partial charge is 0.480 e. The Labute approximate surface area is 93.7 Å². The number of anilines is 1. The molecule has 0 fully saturated rings. The first kappa shape index (κ1) is 11.9. The molecule has 0 spiro atoms. The lowest BCUT2D eigenvalue weighted by molar-refractivity contribution is -0.138. The van der Waals surface area contributed by atoms with Crippen molar-refractivity contribution in [3.8, 4) is 0 Å². The van der Waals surface area contributed by atoms with Gasteiger partial charge in [0.25, 0.3) is 0 Å². The Morgan fingerprint density at radius 1 is 1.40 bits per heavy atom. The van der Waals surface area contributed by atoms with E-state index in [0.717, 1.165) is 11.3 Å². The van der Waals surface area contributed by atoms with Crippen LogP contribution in [0.4, 0.5) is 5.69 Å². The predicted molar refractivity (Wildman–Crippen MR) is 63.9 cm³/mol. The van der Waals surface area contributed by atoms with Gasteiger partial charge in [0.2, 0.25) is 0 Å². The number of carboxylic acids is 1. The summed E-state index contributed by atoms with van der Waals surface area (Å²) in [4.78, 5) is 10.9. The number of nitrogen functional groups attached to an aromatic ring is 1. The normalized spacial score (nSPS) is 11.3. The second kappa shape index (κ2) is 4.57. The second-order valence-corrected chi connectivity index (χ2v) is 5.44. The molecule has 3 nitrogen and oxygen atoms in total. The zero-order valence-electron chi connectivity index (χ0n) is 8.86. The summed E-state index contributed by atoms with van der Waals surface area (Å²) >= 11 is 1.41. The van der Waals surface area contributed by atoms with Crippen LogP contribution in [0.2, 0.25) is 0 Å². The van der Waals surface area contributed by atoms with Crippen molar-refractivity contribution in [1.29, 1.82) is 0 Å². The van der Waals surface area contributed by atoms with Gasteiger partial charge in [-0.05, 0) is 31.5 Å². The molecule has 0 aromatic heterocycles. The molecule has 0 atom stereocenters. The predicted octanol–water partition coefficient (Wildman–Crippen LogP) is 2.37. The van der Waals surface area contributed by atoms with E-state index in [1.165, 1.54) is 11.8 Å². The molecule has 1 aromatic carbocycles. The Morgan fingerprint density at radius 2 is 1.93 bits per heavy atom. The van der Waals surface area contributed by atoms with Crippen LogP contribution < -0.4 is 5.73 Å². The van der Waals surface area contributed by atoms with Gasteiger partial charge in [0.1, 0.15) is 4.75 Å². The summed E-state index contributed by atoms with van der Waals surface area (Å²) in [6, 6.07) is 7.48. The minimum Gasteiger partial charge on any atom is -0.480 e. The standard InChI is InChI=1S/C11H15NO2S/c1-11(2,10(13)14)15-7-8-3-5-9(12)6-4-8/h3-6H,7,12H2,1-2H3,(H,13,14). The van der Waals surface area contributed by atoms with Crippen LogP contribution in [0.15, 0.2) is 24.3 Å². The number of nitrogens with two attached hydrogens (primary N) is 1. The Kier molecular flexibility index (Phi) is 3.63. The van der Waals surface area contributed by atoms with Crippen molar-refractivity contribution in [2.45, 2.75) is 24.3 Å². The molecule has 82 valence electrons. The number of carbonyl (C=O) groups is 1. The Morgan fingerprint density at radius 3 is 2.40 bits per heavy atom. The van der Waals surface area contributed by atoms with Crippen molar-refractivity contribution in [1.82, 2.24) is 0 Å². The molecule has 0 heterocycles. The van der Waals surface area contributed by atoms with Gasteiger partial charge in [0, 0.05) is 11.4 Å². The SMILES string of the molecule is CC(C)(SCc1ccc(N)cc1)C(=O)O. The maximum Gasteiger partial charge on any atom is 0.319 e. The Balaban J connectivity index is 2.57. The van der Waals surface area contributed by atoms with Gasteiger partial charge in [-0.2, -0.15) is 0 Å². The van der Waals surface area contributed by atoms with E-state index in [-0.39, 0.29) is 0 Å². The van der Waals surface area contributed by atoms with E-state index < -0.39 is 10.7 Å². The van der Waals surface area contributed by atoms with Crippen LogP contribution in [0.25, 0.3) is 0 Å². The second-order valence-electron chi connectivity index (χ2n) is 3.85. The lowest BCUT2D eigenvalue weighted by Crippen LogP contribution is -2.27. The molecule has 3 N–H and O–H groups in total. The molecular weight excluding hydrogens is 210 g/mol. The molecule has 0 unspecified atom stereocenters. The van der Waals surface area contributed by atoms with E-state index in [1.807, 2.05) is 24.3 Å². The number of rotatable bonds is 4. The first-order valence-corrected chi connectivity index (χ1v) is 5.62. The van der Waals surface area contributed by atoms with Crippen LogP contribution in [0, 0.1) is 0 Å². The Bertz CT molecular complexity index is 346. The number of benzene rings is 1. The van der Waals surface area contributed by atoms with Crippen molar-refractivity contribution >= 4 is 23.4 Å². The summed E-state index contributed by atoms with van der Waals surface area (Å²) in [5, 5.41) is 8.92. The van der Waals surface area contributed by atoms with E-state index >= 15 is 0 Å². The van der Waals surface area contributed by atoms with Crippen LogP contribution in [0.5, 0.6) is 0 Å². The van der Waals surface area contributed by atoms with E-state index in [9.17, 15) is 4.79 Å². The van der Waals surface area contributed by atoms with Crippen LogP contribution in [-0.4, -0.2) is 15.8 Å². The maximum absolute atomic E-state index is 10.9. The quantitative estimate of drug-likeness (QED) is 0.772. The zero-order chi connectivity index (χ0) is 11.5. The fourth-order valence-corrected chi connectivity index (χ4v) is 1.78. The van der Waals surface area contributed by atoms with E-state index in [2.05, 4.69) is 0 Å². The molecule has 1 rings (SSSR count). The average Bonchev–Trinajstić information content (AvgIpc) is 2.17. The molecule has 0 aliphatic carbocycles. The highest BCUT2D eigenvalue weighted by atomic mass is 32.2. The summed E-state index contributed by atoms with van der Waals surface area (Å²) in [5.74, 6) is -0.109. The molecule has 0 radical (unpaired) electrons. The van der Waals surface area contributed by atoms with Crippen molar-refractivity contribution in [2.75, 3.05) is 5.73 Å². The molecular formula is C11H15NO2S. The van der Waals surface area contributed by atoms with Gasteiger partial charge in [-0.1, -0.05) is 12.1 Å². The topological polar surface area (TPSA) is 63.3 Å². The molecule has 4 heteroatoms. The fraction of sp³-hybridized carbons (Fsp3) is 0.364. The number of hydrogen-bond acceptors (Lipinski definition) is 3. The van der Waals surface area contributed by atoms with Crippen LogP contribution in [0.3, 0.4) is 0 Å². The summed E-state index contributed by atoms with van der Waals surface area (Å²) in [6.07, 6.45) is 0. The summed E-state index contributed by atoms with van der Waals surface area (Å²) in [7, 11) is 0. The van der Waals surface area contributed by atoms with Gasteiger partial charge < -0.3 is 10.8 Å². The monoisotopic (exact) mass is 225 g/mol. The molecule has 0 aliphatic heterocycles. The molecule has 0 saturated carbocycles. The highest BCUT2D eigenvalue weighted by Crippen LogP contribution is 2.28. The van der Waals surface area contributed by atoms with Crippen LogP contribution in [0.1, 0.15) is 19.4 Å². The van der Waals surface area contributed by atoms with E-state index in [0.29, 0.717) is 5.75 Å². The molecule has 0 aliphatic rings. The van der Waals surface area contributed by atoms with Crippen LogP contribution >= 0.6 is 11.8 Å². The number of carboxylic acid groups (broad SMARTS) is 1. The fourth-order valence-electron chi connectivity index (χ4n) is 0.939. The van der Waals surface area contributed by atoms with Gasteiger partial charge in [-0.3, -0.25) is 4.79 Å².